The number of hydrogen-bond donors (Lipinski definition) is 1. The molecule has 1 aromatic heterocycles. The summed E-state index contributed by atoms with van der Waals surface area (Å²) in [5.74, 6) is -1.58. The van der Waals surface area contributed by atoms with Gasteiger partial charge in [-0.25, -0.2) is 18.5 Å². The third-order valence-corrected chi connectivity index (χ3v) is 5.31. The molecule has 0 saturated carbocycles. The molecule has 0 unspecified atom stereocenters. The molecule has 0 atom stereocenters. The average Bonchev–Trinajstić information content (AvgIpc) is 2.86. The SMILES string of the molecule is COC(=O)c1ccccc1-n1c(=O)c2ccccc2n(CC(=O)NCc2ccc(F)cc2)c1=O. The highest BCUT2D eigenvalue weighted by molar-refractivity contribution is 5.93. The van der Waals surface area contributed by atoms with Crippen molar-refractivity contribution in [2.75, 3.05) is 7.11 Å². The van der Waals surface area contributed by atoms with Crippen molar-refractivity contribution >= 4 is 22.8 Å². The molecule has 3 aromatic carbocycles. The van der Waals surface area contributed by atoms with Crippen LogP contribution in [0.15, 0.2) is 82.4 Å². The number of carbonyl (C=O) groups is 2. The molecule has 34 heavy (non-hydrogen) atoms. The van der Waals surface area contributed by atoms with Gasteiger partial charge in [0.1, 0.15) is 12.4 Å². The zero-order valence-corrected chi connectivity index (χ0v) is 18.2. The summed E-state index contributed by atoms with van der Waals surface area (Å²) in [7, 11) is 1.20. The second-order valence-corrected chi connectivity index (χ2v) is 7.44. The Hall–Kier alpha value is -4.53. The summed E-state index contributed by atoms with van der Waals surface area (Å²) < 4.78 is 19.9. The summed E-state index contributed by atoms with van der Waals surface area (Å²) in [6.45, 7) is -0.238. The highest BCUT2D eigenvalue weighted by atomic mass is 19.1. The first-order chi connectivity index (χ1) is 16.4. The minimum atomic E-state index is -0.781. The molecule has 172 valence electrons. The molecule has 1 heterocycles. The van der Waals surface area contributed by atoms with Gasteiger partial charge in [-0.05, 0) is 42.0 Å². The number of benzene rings is 3. The van der Waals surface area contributed by atoms with Crippen LogP contribution in [0, 0.1) is 5.82 Å². The molecule has 9 heteroatoms. The smallest absolute Gasteiger partial charge is 0.339 e. The lowest BCUT2D eigenvalue weighted by atomic mass is 10.1. The van der Waals surface area contributed by atoms with E-state index in [2.05, 4.69) is 5.32 Å². The van der Waals surface area contributed by atoms with Gasteiger partial charge >= 0.3 is 11.7 Å². The van der Waals surface area contributed by atoms with E-state index < -0.39 is 23.1 Å². The van der Waals surface area contributed by atoms with Crippen LogP contribution in [0.2, 0.25) is 0 Å². The van der Waals surface area contributed by atoms with Gasteiger partial charge in [0.25, 0.3) is 5.56 Å². The van der Waals surface area contributed by atoms with E-state index >= 15 is 0 Å². The minimum Gasteiger partial charge on any atom is -0.465 e. The Bertz CT molecular complexity index is 1510. The van der Waals surface area contributed by atoms with Gasteiger partial charge in [0.05, 0.1) is 29.3 Å². The maximum atomic E-state index is 13.5. The summed E-state index contributed by atoms with van der Waals surface area (Å²) in [5.41, 5.74) is -0.357. The molecule has 0 saturated heterocycles. The maximum absolute atomic E-state index is 13.5. The third-order valence-electron chi connectivity index (χ3n) is 5.31. The monoisotopic (exact) mass is 461 g/mol. The number of methoxy groups -OCH3 is 1. The van der Waals surface area contributed by atoms with Crippen LogP contribution in [0.3, 0.4) is 0 Å². The van der Waals surface area contributed by atoms with Crippen LogP contribution in [0.25, 0.3) is 16.6 Å². The van der Waals surface area contributed by atoms with Gasteiger partial charge in [-0.3, -0.25) is 14.2 Å². The number of nitrogens with zero attached hydrogens (tertiary/aromatic N) is 2. The molecule has 1 amide bonds. The number of nitrogens with one attached hydrogen (secondary N) is 1. The lowest BCUT2D eigenvalue weighted by Gasteiger charge is -2.15. The molecule has 4 aromatic rings. The number of para-hydroxylation sites is 2. The van der Waals surface area contributed by atoms with Gasteiger partial charge in [-0.15, -0.1) is 0 Å². The summed E-state index contributed by atoms with van der Waals surface area (Å²) in [6.07, 6.45) is 0. The first kappa shape index (κ1) is 22.7. The van der Waals surface area contributed by atoms with Crippen molar-refractivity contribution < 1.29 is 18.7 Å². The van der Waals surface area contributed by atoms with E-state index in [0.717, 1.165) is 4.57 Å². The van der Waals surface area contributed by atoms with Crippen LogP contribution < -0.4 is 16.6 Å². The Kier molecular flexibility index (Phi) is 6.35. The molecular formula is C25H20FN3O5. The minimum absolute atomic E-state index is 0.0341. The quantitative estimate of drug-likeness (QED) is 0.445. The summed E-state index contributed by atoms with van der Waals surface area (Å²) in [6, 6.07) is 18.1. The number of ether oxygens (including phenoxy) is 1. The molecule has 4 rings (SSSR count). The number of amides is 1. The van der Waals surface area contributed by atoms with E-state index in [1.165, 1.54) is 35.9 Å². The number of aromatic nitrogens is 2. The van der Waals surface area contributed by atoms with Crippen LogP contribution in [0.5, 0.6) is 0 Å². The molecular weight excluding hydrogens is 441 g/mol. The Labute approximate surface area is 192 Å². The van der Waals surface area contributed by atoms with Crippen LogP contribution in [-0.2, 0) is 22.6 Å². The van der Waals surface area contributed by atoms with Crippen LogP contribution in [-0.4, -0.2) is 28.1 Å². The second kappa shape index (κ2) is 9.53. The van der Waals surface area contributed by atoms with E-state index in [0.29, 0.717) is 5.56 Å². The van der Waals surface area contributed by atoms with E-state index in [9.17, 15) is 23.6 Å². The summed E-state index contributed by atoms with van der Waals surface area (Å²) in [4.78, 5) is 51.7. The zero-order valence-electron chi connectivity index (χ0n) is 18.2. The predicted molar refractivity (Wildman–Crippen MR) is 123 cm³/mol. The molecule has 0 spiro atoms. The molecule has 0 aliphatic rings. The van der Waals surface area contributed by atoms with Gasteiger partial charge in [0.2, 0.25) is 5.91 Å². The number of carbonyl (C=O) groups excluding carboxylic acids is 2. The standard InChI is InChI=1S/C25H20FN3O5/c1-34-24(32)19-7-3-5-9-21(19)29-23(31)18-6-2-4-8-20(18)28(25(29)33)15-22(30)27-14-16-10-12-17(26)13-11-16/h2-13H,14-15H2,1H3,(H,27,30). The average molecular weight is 461 g/mol. The first-order valence-electron chi connectivity index (χ1n) is 10.3. The summed E-state index contributed by atoms with van der Waals surface area (Å²) in [5, 5.41) is 2.89. The topological polar surface area (TPSA) is 99.4 Å². The Morgan fingerprint density at radius 3 is 2.35 bits per heavy atom. The first-order valence-corrected chi connectivity index (χ1v) is 10.3. The van der Waals surface area contributed by atoms with E-state index in [-0.39, 0.29) is 41.1 Å². The summed E-state index contributed by atoms with van der Waals surface area (Å²) >= 11 is 0. The van der Waals surface area contributed by atoms with Gasteiger partial charge in [0.15, 0.2) is 0 Å². The number of hydrogen-bond acceptors (Lipinski definition) is 5. The van der Waals surface area contributed by atoms with Crippen molar-refractivity contribution in [2.45, 2.75) is 13.1 Å². The fraction of sp³-hybridized carbons (Fsp3) is 0.120. The fourth-order valence-corrected chi connectivity index (χ4v) is 3.64. The van der Waals surface area contributed by atoms with Gasteiger partial charge < -0.3 is 10.1 Å². The Morgan fingerprint density at radius 1 is 0.941 bits per heavy atom. The number of esters is 1. The Morgan fingerprint density at radius 2 is 1.62 bits per heavy atom. The molecule has 0 fully saturated rings. The lowest BCUT2D eigenvalue weighted by molar-refractivity contribution is -0.121. The van der Waals surface area contributed by atoms with Crippen molar-refractivity contribution in [3.05, 3.63) is 111 Å². The molecule has 1 N–H and O–H groups in total. The fourth-order valence-electron chi connectivity index (χ4n) is 3.64. The molecule has 0 aliphatic heterocycles. The van der Waals surface area contributed by atoms with Gasteiger partial charge in [0, 0.05) is 6.54 Å². The molecule has 0 bridgehead atoms. The lowest BCUT2D eigenvalue weighted by Crippen LogP contribution is -2.42. The predicted octanol–water partition coefficient (Wildman–Crippen LogP) is 2.39. The van der Waals surface area contributed by atoms with Crippen LogP contribution in [0.4, 0.5) is 4.39 Å². The Balaban J connectivity index is 1.78. The zero-order chi connectivity index (χ0) is 24.2. The van der Waals surface area contributed by atoms with E-state index in [4.69, 9.17) is 4.74 Å². The molecule has 0 aliphatic carbocycles. The maximum Gasteiger partial charge on any atom is 0.339 e. The number of halogens is 1. The largest absolute Gasteiger partial charge is 0.465 e. The molecule has 0 radical (unpaired) electrons. The van der Waals surface area contributed by atoms with E-state index in [1.54, 1.807) is 48.5 Å². The van der Waals surface area contributed by atoms with Crippen molar-refractivity contribution in [1.82, 2.24) is 14.5 Å². The number of rotatable bonds is 6. The van der Waals surface area contributed by atoms with Crippen molar-refractivity contribution in [1.29, 1.82) is 0 Å². The van der Waals surface area contributed by atoms with Gasteiger partial charge in [-0.1, -0.05) is 36.4 Å². The van der Waals surface area contributed by atoms with E-state index in [1.807, 2.05) is 0 Å². The molecule has 8 nitrogen and oxygen atoms in total. The van der Waals surface area contributed by atoms with Crippen LogP contribution in [0.1, 0.15) is 15.9 Å². The highest BCUT2D eigenvalue weighted by Crippen LogP contribution is 2.15. The number of fused-ring (bicyclic) bond motifs is 1. The second-order valence-electron chi connectivity index (χ2n) is 7.44. The van der Waals surface area contributed by atoms with Crippen molar-refractivity contribution in [2.24, 2.45) is 0 Å². The third kappa shape index (κ3) is 4.36. The van der Waals surface area contributed by atoms with Crippen molar-refractivity contribution in [3.8, 4) is 5.69 Å². The van der Waals surface area contributed by atoms with Crippen LogP contribution >= 0.6 is 0 Å². The normalized spacial score (nSPS) is 10.8. The highest BCUT2D eigenvalue weighted by Gasteiger charge is 2.20. The van der Waals surface area contributed by atoms with Gasteiger partial charge in [-0.2, -0.15) is 0 Å². The van der Waals surface area contributed by atoms with Crippen molar-refractivity contribution in [3.63, 3.8) is 0 Å².